The molecule has 0 N–H and O–H groups in total. The van der Waals surface area contributed by atoms with Gasteiger partial charge in [0.15, 0.2) is 0 Å². The quantitative estimate of drug-likeness (QED) is 0.843. The van der Waals surface area contributed by atoms with E-state index in [0.717, 1.165) is 6.07 Å². The second-order valence-electron chi connectivity index (χ2n) is 3.76. The number of hydrogen-bond donors (Lipinski definition) is 0. The summed E-state index contributed by atoms with van der Waals surface area (Å²) in [4.78, 5) is 0. The first-order valence-electron chi connectivity index (χ1n) is 5.50. The highest BCUT2D eigenvalue weighted by Gasteiger charge is 2.31. The van der Waals surface area contributed by atoms with Crippen molar-refractivity contribution >= 4 is 0 Å². The largest absolute Gasteiger partial charge is 0.573 e. The lowest BCUT2D eigenvalue weighted by Crippen LogP contribution is -2.16. The predicted molar refractivity (Wildman–Crippen MR) is 64.4 cm³/mol. The van der Waals surface area contributed by atoms with E-state index in [1.807, 2.05) is 6.07 Å². The topological polar surface area (TPSA) is 42.2 Å². The molecular formula is C14H8F3NO2. The maximum absolute atomic E-state index is 12.1. The summed E-state index contributed by atoms with van der Waals surface area (Å²) in [5, 5.41) is 8.75. The lowest BCUT2D eigenvalue weighted by molar-refractivity contribution is -0.274. The number of benzene rings is 2. The van der Waals surface area contributed by atoms with Gasteiger partial charge in [-0.15, -0.1) is 13.2 Å². The van der Waals surface area contributed by atoms with Crippen LogP contribution in [0, 0.1) is 11.3 Å². The van der Waals surface area contributed by atoms with Crippen LogP contribution in [0.25, 0.3) is 0 Å². The summed E-state index contributed by atoms with van der Waals surface area (Å²) in [6, 6.07) is 13.4. The molecule has 0 unspecified atom stereocenters. The number of ether oxygens (including phenoxy) is 2. The van der Waals surface area contributed by atoms with Crippen molar-refractivity contribution in [1.29, 1.82) is 5.26 Å². The van der Waals surface area contributed by atoms with Gasteiger partial charge in [0.25, 0.3) is 0 Å². The van der Waals surface area contributed by atoms with Crippen molar-refractivity contribution in [2.45, 2.75) is 6.36 Å². The number of nitrogens with zero attached hydrogens (tertiary/aromatic N) is 1. The van der Waals surface area contributed by atoms with E-state index in [4.69, 9.17) is 10.00 Å². The Kier molecular flexibility index (Phi) is 3.80. The summed E-state index contributed by atoms with van der Waals surface area (Å²) in [6.45, 7) is 0. The van der Waals surface area contributed by atoms with E-state index in [0.29, 0.717) is 11.3 Å². The number of halogens is 3. The summed E-state index contributed by atoms with van der Waals surface area (Å²) in [7, 11) is 0. The zero-order valence-corrected chi connectivity index (χ0v) is 10.0. The van der Waals surface area contributed by atoms with Crippen LogP contribution in [-0.4, -0.2) is 6.36 Å². The van der Waals surface area contributed by atoms with Crippen molar-refractivity contribution in [1.82, 2.24) is 0 Å². The van der Waals surface area contributed by atoms with Gasteiger partial charge in [-0.2, -0.15) is 5.26 Å². The normalized spacial score (nSPS) is 10.7. The fourth-order valence-corrected chi connectivity index (χ4v) is 1.50. The van der Waals surface area contributed by atoms with E-state index in [9.17, 15) is 13.2 Å². The zero-order valence-electron chi connectivity index (χ0n) is 10.0. The van der Waals surface area contributed by atoms with E-state index < -0.39 is 6.36 Å². The number of nitriles is 1. The minimum absolute atomic E-state index is 0.182. The molecule has 0 saturated carbocycles. The average Bonchev–Trinajstić information content (AvgIpc) is 2.37. The molecule has 2 aromatic carbocycles. The maximum Gasteiger partial charge on any atom is 0.573 e. The third kappa shape index (κ3) is 3.92. The highest BCUT2D eigenvalue weighted by atomic mass is 19.4. The molecule has 0 aromatic heterocycles. The van der Waals surface area contributed by atoms with E-state index in [1.54, 1.807) is 18.2 Å². The molecule has 102 valence electrons. The Hall–Kier alpha value is -2.68. The second-order valence-corrected chi connectivity index (χ2v) is 3.76. The van der Waals surface area contributed by atoms with E-state index in [1.165, 1.54) is 24.3 Å². The summed E-state index contributed by atoms with van der Waals surface area (Å²) in [5.41, 5.74) is 0.394. The van der Waals surface area contributed by atoms with Crippen LogP contribution in [0.3, 0.4) is 0 Å². The molecule has 0 amide bonds. The van der Waals surface area contributed by atoms with Crippen LogP contribution < -0.4 is 9.47 Å². The molecule has 0 bridgehead atoms. The van der Waals surface area contributed by atoms with Crippen molar-refractivity contribution in [3.05, 3.63) is 54.1 Å². The van der Waals surface area contributed by atoms with Gasteiger partial charge < -0.3 is 9.47 Å². The van der Waals surface area contributed by atoms with Crippen molar-refractivity contribution in [2.24, 2.45) is 0 Å². The molecule has 20 heavy (non-hydrogen) atoms. The van der Waals surface area contributed by atoms with E-state index in [-0.39, 0.29) is 11.5 Å². The first-order chi connectivity index (χ1) is 9.46. The minimum atomic E-state index is -4.75. The summed E-state index contributed by atoms with van der Waals surface area (Å²) < 4.78 is 45.5. The van der Waals surface area contributed by atoms with Crippen LogP contribution in [0.2, 0.25) is 0 Å². The smallest absolute Gasteiger partial charge is 0.457 e. The number of rotatable bonds is 3. The second kappa shape index (κ2) is 5.53. The molecule has 0 aliphatic carbocycles. The lowest BCUT2D eigenvalue weighted by Gasteiger charge is -2.10. The Morgan fingerprint density at radius 2 is 1.50 bits per heavy atom. The fourth-order valence-electron chi connectivity index (χ4n) is 1.50. The molecule has 0 heterocycles. The Labute approximate surface area is 112 Å². The molecule has 0 fully saturated rings. The predicted octanol–water partition coefficient (Wildman–Crippen LogP) is 4.25. The van der Waals surface area contributed by atoms with Crippen molar-refractivity contribution in [2.75, 3.05) is 0 Å². The van der Waals surface area contributed by atoms with Crippen LogP contribution in [0.5, 0.6) is 17.2 Å². The molecule has 0 saturated heterocycles. The third-order valence-electron chi connectivity index (χ3n) is 2.24. The fraction of sp³-hybridized carbons (Fsp3) is 0.0714. The lowest BCUT2D eigenvalue weighted by atomic mass is 10.2. The maximum atomic E-state index is 12.1. The zero-order chi connectivity index (χ0) is 14.6. The Balaban J connectivity index is 2.17. The van der Waals surface area contributed by atoms with Gasteiger partial charge in [0, 0.05) is 6.07 Å². The van der Waals surface area contributed by atoms with Gasteiger partial charge in [0.1, 0.15) is 17.2 Å². The molecule has 0 spiro atoms. The third-order valence-corrected chi connectivity index (χ3v) is 2.24. The van der Waals surface area contributed by atoms with E-state index in [2.05, 4.69) is 4.74 Å². The van der Waals surface area contributed by atoms with E-state index >= 15 is 0 Å². The van der Waals surface area contributed by atoms with Gasteiger partial charge in [-0.1, -0.05) is 12.1 Å². The van der Waals surface area contributed by atoms with Gasteiger partial charge in [-0.05, 0) is 30.3 Å². The highest BCUT2D eigenvalue weighted by Crippen LogP contribution is 2.29. The number of alkyl halides is 3. The molecule has 2 aromatic rings. The first-order valence-corrected chi connectivity index (χ1v) is 5.50. The minimum Gasteiger partial charge on any atom is -0.457 e. The molecule has 0 aliphatic heterocycles. The molecule has 0 atom stereocenters. The Bertz CT molecular complexity index is 647. The van der Waals surface area contributed by atoms with Crippen LogP contribution >= 0.6 is 0 Å². The Morgan fingerprint density at radius 1 is 0.900 bits per heavy atom. The molecular weight excluding hydrogens is 271 g/mol. The van der Waals surface area contributed by atoms with Crippen LogP contribution in [0.15, 0.2) is 48.5 Å². The Morgan fingerprint density at radius 3 is 2.15 bits per heavy atom. The summed E-state index contributed by atoms with van der Waals surface area (Å²) in [6.07, 6.45) is -4.75. The van der Waals surface area contributed by atoms with Crippen LogP contribution in [0.1, 0.15) is 5.56 Å². The molecule has 6 heteroatoms. The van der Waals surface area contributed by atoms with Crippen molar-refractivity contribution in [3.63, 3.8) is 0 Å². The highest BCUT2D eigenvalue weighted by molar-refractivity contribution is 5.40. The summed E-state index contributed by atoms with van der Waals surface area (Å²) >= 11 is 0. The monoisotopic (exact) mass is 279 g/mol. The molecule has 0 radical (unpaired) electrons. The van der Waals surface area contributed by atoms with Crippen LogP contribution in [0.4, 0.5) is 13.2 Å². The molecule has 0 aliphatic rings. The summed E-state index contributed by atoms with van der Waals surface area (Å²) in [5.74, 6) is 0.168. The van der Waals surface area contributed by atoms with Gasteiger partial charge in [0.05, 0.1) is 11.6 Å². The van der Waals surface area contributed by atoms with Gasteiger partial charge in [-0.3, -0.25) is 0 Å². The first kappa shape index (κ1) is 13.7. The standard InChI is InChI=1S/C14H8F3NO2/c15-14(16,17)20-13-6-2-5-12(8-13)19-11-4-1-3-10(7-11)9-18/h1-8H. The molecule has 2 rings (SSSR count). The van der Waals surface area contributed by atoms with Crippen molar-refractivity contribution in [3.8, 4) is 23.3 Å². The van der Waals surface area contributed by atoms with Gasteiger partial charge in [0.2, 0.25) is 0 Å². The average molecular weight is 279 g/mol. The SMILES string of the molecule is N#Cc1cccc(Oc2cccc(OC(F)(F)F)c2)c1. The van der Waals surface area contributed by atoms with Gasteiger partial charge >= 0.3 is 6.36 Å². The molecule has 3 nitrogen and oxygen atoms in total. The van der Waals surface area contributed by atoms with Gasteiger partial charge in [-0.25, -0.2) is 0 Å². The number of hydrogen-bond acceptors (Lipinski definition) is 3. The van der Waals surface area contributed by atoms with Crippen molar-refractivity contribution < 1.29 is 22.6 Å². The van der Waals surface area contributed by atoms with Crippen LogP contribution in [-0.2, 0) is 0 Å².